The van der Waals surface area contributed by atoms with Crippen LogP contribution in [0.25, 0.3) is 10.9 Å². The number of carbonyl (C=O) groups is 1. The number of nitrogens with zero attached hydrogens (tertiary/aromatic N) is 1. The SMILES string of the molecule is O=C(c1[nH]c2ccc(F)c(Cl)c2c1Cl)N1C[C@@H]2NCCO[C@@H]2C1. The Morgan fingerprint density at radius 1 is 1.30 bits per heavy atom. The van der Waals surface area contributed by atoms with Crippen LogP contribution in [0.15, 0.2) is 12.1 Å². The molecule has 3 heterocycles. The van der Waals surface area contributed by atoms with Gasteiger partial charge in [-0.1, -0.05) is 23.2 Å². The summed E-state index contributed by atoms with van der Waals surface area (Å²) in [4.78, 5) is 17.4. The number of rotatable bonds is 1. The monoisotopic (exact) mass is 357 g/mol. The van der Waals surface area contributed by atoms with Crippen molar-refractivity contribution in [2.24, 2.45) is 0 Å². The molecule has 0 radical (unpaired) electrons. The standard InChI is InChI=1S/C15H14Cl2FN3O2/c16-12-7(18)1-2-8-11(12)13(17)14(20-8)15(22)21-5-9-10(6-21)23-4-3-19-9/h1-2,9-10,19-20H,3-6H2/t9-,10+/m0/s1. The molecule has 2 saturated heterocycles. The van der Waals surface area contributed by atoms with E-state index in [1.165, 1.54) is 12.1 Å². The quantitative estimate of drug-likeness (QED) is 0.823. The Morgan fingerprint density at radius 2 is 2.13 bits per heavy atom. The average Bonchev–Trinajstić information content (AvgIpc) is 3.12. The molecule has 0 bridgehead atoms. The molecule has 8 heteroatoms. The molecular formula is C15H14Cl2FN3O2. The lowest BCUT2D eigenvalue weighted by molar-refractivity contribution is 0.0176. The number of H-pyrrole nitrogens is 1. The Balaban J connectivity index is 1.68. The summed E-state index contributed by atoms with van der Waals surface area (Å²) in [5.41, 5.74) is 0.767. The second-order valence-electron chi connectivity index (χ2n) is 5.78. The second kappa shape index (κ2) is 5.63. The van der Waals surface area contributed by atoms with Crippen molar-refractivity contribution in [1.82, 2.24) is 15.2 Å². The maximum atomic E-state index is 13.6. The Labute approximate surface area is 141 Å². The van der Waals surface area contributed by atoms with E-state index in [1.807, 2.05) is 0 Å². The molecule has 2 atom stereocenters. The summed E-state index contributed by atoms with van der Waals surface area (Å²) >= 11 is 12.3. The van der Waals surface area contributed by atoms with Crippen LogP contribution < -0.4 is 5.32 Å². The Bertz CT molecular complexity index is 781. The van der Waals surface area contributed by atoms with Crippen LogP contribution in [-0.2, 0) is 4.74 Å². The molecule has 2 aliphatic rings. The highest BCUT2D eigenvalue weighted by Gasteiger charge is 2.38. The summed E-state index contributed by atoms with van der Waals surface area (Å²) in [6.45, 7) is 2.48. The molecule has 1 aromatic heterocycles. The first-order valence-corrected chi connectivity index (χ1v) is 8.11. The van der Waals surface area contributed by atoms with Gasteiger partial charge in [0.15, 0.2) is 0 Å². The predicted octanol–water partition coefficient (Wildman–Crippen LogP) is 2.43. The van der Waals surface area contributed by atoms with Crippen molar-refractivity contribution in [1.29, 1.82) is 0 Å². The topological polar surface area (TPSA) is 57.4 Å². The van der Waals surface area contributed by atoms with E-state index in [-0.39, 0.29) is 33.8 Å². The lowest BCUT2D eigenvalue weighted by Crippen LogP contribution is -2.47. The summed E-state index contributed by atoms with van der Waals surface area (Å²) in [7, 11) is 0. The maximum absolute atomic E-state index is 13.6. The van der Waals surface area contributed by atoms with Crippen molar-refractivity contribution in [3.8, 4) is 0 Å². The molecule has 5 nitrogen and oxygen atoms in total. The number of morpholine rings is 1. The predicted molar refractivity (Wildman–Crippen MR) is 85.7 cm³/mol. The molecule has 2 aromatic rings. The number of ether oxygens (including phenoxy) is 1. The van der Waals surface area contributed by atoms with E-state index < -0.39 is 5.82 Å². The van der Waals surface area contributed by atoms with E-state index in [9.17, 15) is 9.18 Å². The van der Waals surface area contributed by atoms with Crippen LogP contribution in [0.2, 0.25) is 10.0 Å². The fourth-order valence-electron chi connectivity index (χ4n) is 3.25. The number of hydrogen-bond donors (Lipinski definition) is 2. The van der Waals surface area contributed by atoms with Crippen LogP contribution in [0.3, 0.4) is 0 Å². The van der Waals surface area contributed by atoms with Crippen LogP contribution in [0.4, 0.5) is 4.39 Å². The van der Waals surface area contributed by atoms with E-state index in [4.69, 9.17) is 27.9 Å². The zero-order valence-corrected chi connectivity index (χ0v) is 13.5. The zero-order valence-electron chi connectivity index (χ0n) is 12.0. The number of benzene rings is 1. The van der Waals surface area contributed by atoms with E-state index in [0.29, 0.717) is 30.6 Å². The number of amides is 1. The fourth-order valence-corrected chi connectivity index (χ4v) is 3.88. The molecule has 2 fully saturated rings. The number of aromatic nitrogens is 1. The van der Waals surface area contributed by atoms with Crippen LogP contribution in [0.5, 0.6) is 0 Å². The first kappa shape index (κ1) is 15.2. The first-order chi connectivity index (χ1) is 11.1. The number of carbonyl (C=O) groups excluding carboxylic acids is 1. The maximum Gasteiger partial charge on any atom is 0.272 e. The highest BCUT2D eigenvalue weighted by Crippen LogP contribution is 2.35. The minimum atomic E-state index is -0.566. The second-order valence-corrected chi connectivity index (χ2v) is 6.53. The normalized spacial score (nSPS) is 24.2. The Morgan fingerprint density at radius 3 is 2.91 bits per heavy atom. The zero-order chi connectivity index (χ0) is 16.1. The van der Waals surface area contributed by atoms with Gasteiger partial charge in [-0.3, -0.25) is 4.79 Å². The lowest BCUT2D eigenvalue weighted by Gasteiger charge is -2.25. The number of halogens is 3. The molecule has 0 aliphatic carbocycles. The summed E-state index contributed by atoms with van der Waals surface area (Å²) in [5, 5.41) is 3.75. The van der Waals surface area contributed by atoms with Gasteiger partial charge in [0.1, 0.15) is 11.5 Å². The van der Waals surface area contributed by atoms with Gasteiger partial charge in [-0.15, -0.1) is 0 Å². The van der Waals surface area contributed by atoms with Gasteiger partial charge in [0.2, 0.25) is 0 Å². The van der Waals surface area contributed by atoms with Crippen molar-refractivity contribution in [3.63, 3.8) is 0 Å². The van der Waals surface area contributed by atoms with Crippen molar-refractivity contribution in [3.05, 3.63) is 33.7 Å². The first-order valence-electron chi connectivity index (χ1n) is 7.35. The molecule has 1 amide bonds. The van der Waals surface area contributed by atoms with E-state index in [1.54, 1.807) is 4.90 Å². The van der Waals surface area contributed by atoms with Gasteiger partial charge in [0, 0.05) is 30.5 Å². The third-order valence-corrected chi connectivity index (χ3v) is 5.15. The van der Waals surface area contributed by atoms with Gasteiger partial charge >= 0.3 is 0 Å². The highest BCUT2D eigenvalue weighted by molar-refractivity contribution is 6.44. The smallest absolute Gasteiger partial charge is 0.272 e. The molecule has 122 valence electrons. The van der Waals surface area contributed by atoms with Gasteiger partial charge in [-0.25, -0.2) is 4.39 Å². The molecule has 4 rings (SSSR count). The summed E-state index contributed by atoms with van der Waals surface area (Å²) in [6.07, 6.45) is -0.00288. The number of aromatic amines is 1. The fraction of sp³-hybridized carbons (Fsp3) is 0.400. The molecule has 0 saturated carbocycles. The number of fused-ring (bicyclic) bond motifs is 2. The molecular weight excluding hydrogens is 344 g/mol. The van der Waals surface area contributed by atoms with Crippen LogP contribution >= 0.6 is 23.2 Å². The third-order valence-electron chi connectivity index (χ3n) is 4.40. The van der Waals surface area contributed by atoms with Crippen LogP contribution in [0, 0.1) is 5.82 Å². The lowest BCUT2D eigenvalue weighted by atomic mass is 10.2. The van der Waals surface area contributed by atoms with Gasteiger partial charge in [0.25, 0.3) is 5.91 Å². The average molecular weight is 358 g/mol. The van der Waals surface area contributed by atoms with Crippen molar-refractivity contribution >= 4 is 40.0 Å². The van der Waals surface area contributed by atoms with E-state index in [0.717, 1.165) is 6.54 Å². The van der Waals surface area contributed by atoms with E-state index in [2.05, 4.69) is 10.3 Å². The minimum Gasteiger partial charge on any atom is -0.373 e. The molecule has 1 aromatic carbocycles. The van der Waals surface area contributed by atoms with Gasteiger partial charge in [-0.05, 0) is 12.1 Å². The van der Waals surface area contributed by atoms with Crippen molar-refractivity contribution in [2.45, 2.75) is 12.1 Å². The number of nitrogens with one attached hydrogen (secondary N) is 2. The number of likely N-dealkylation sites (tertiary alicyclic amines) is 1. The van der Waals surface area contributed by atoms with Gasteiger partial charge in [-0.2, -0.15) is 0 Å². The Hall–Kier alpha value is -1.34. The molecule has 0 spiro atoms. The van der Waals surface area contributed by atoms with Crippen molar-refractivity contribution < 1.29 is 13.9 Å². The summed E-state index contributed by atoms with van der Waals surface area (Å²) in [6, 6.07) is 2.90. The van der Waals surface area contributed by atoms with Gasteiger partial charge in [0.05, 0.1) is 28.8 Å². The number of hydrogen-bond acceptors (Lipinski definition) is 3. The minimum absolute atomic E-state index is 0.00288. The molecule has 2 N–H and O–H groups in total. The summed E-state index contributed by atoms with van der Waals surface area (Å²) in [5.74, 6) is -0.800. The van der Waals surface area contributed by atoms with Crippen LogP contribution in [-0.4, -0.2) is 54.2 Å². The summed E-state index contributed by atoms with van der Waals surface area (Å²) < 4.78 is 19.3. The molecule has 23 heavy (non-hydrogen) atoms. The third kappa shape index (κ3) is 2.41. The van der Waals surface area contributed by atoms with Gasteiger partial charge < -0.3 is 19.9 Å². The molecule has 0 unspecified atom stereocenters. The highest BCUT2D eigenvalue weighted by atomic mass is 35.5. The largest absolute Gasteiger partial charge is 0.373 e. The molecule has 2 aliphatic heterocycles. The van der Waals surface area contributed by atoms with Crippen LogP contribution in [0.1, 0.15) is 10.5 Å². The Kier molecular flexibility index (Phi) is 3.72. The van der Waals surface area contributed by atoms with E-state index >= 15 is 0 Å². The van der Waals surface area contributed by atoms with Crippen molar-refractivity contribution in [2.75, 3.05) is 26.2 Å².